The SMILES string of the molecule is CCOc1ccc(N2C(=O)C[C@H](N(C)C3CCCCC3)C2=O)cc1. The number of benzene rings is 1. The molecule has 1 saturated carbocycles. The molecule has 24 heavy (non-hydrogen) atoms. The van der Waals surface area contributed by atoms with Crippen LogP contribution >= 0.6 is 0 Å². The highest BCUT2D eigenvalue weighted by Crippen LogP contribution is 2.30. The summed E-state index contributed by atoms with van der Waals surface area (Å²) in [6, 6.07) is 7.26. The first-order valence-electron chi connectivity index (χ1n) is 8.93. The van der Waals surface area contributed by atoms with Crippen molar-refractivity contribution in [3.63, 3.8) is 0 Å². The van der Waals surface area contributed by atoms with Crippen molar-refractivity contribution in [2.24, 2.45) is 0 Å². The number of amides is 2. The van der Waals surface area contributed by atoms with E-state index in [1.165, 1.54) is 24.2 Å². The second-order valence-electron chi connectivity index (χ2n) is 6.67. The highest BCUT2D eigenvalue weighted by Gasteiger charge is 2.43. The average Bonchev–Trinajstić information content (AvgIpc) is 2.91. The van der Waals surface area contributed by atoms with Gasteiger partial charge >= 0.3 is 0 Å². The number of nitrogens with zero attached hydrogens (tertiary/aromatic N) is 2. The Morgan fingerprint density at radius 2 is 1.79 bits per heavy atom. The lowest BCUT2D eigenvalue weighted by atomic mass is 9.93. The standard InChI is InChI=1S/C19H26N2O3/c1-3-24-16-11-9-15(10-12-16)21-18(22)13-17(19(21)23)20(2)14-7-5-4-6-8-14/h9-12,14,17H,3-8,13H2,1-2H3/t17-/m0/s1. The molecule has 2 amide bonds. The van der Waals surface area contributed by atoms with Crippen LogP contribution in [-0.4, -0.2) is 42.5 Å². The third-order valence-corrected chi connectivity index (χ3v) is 5.17. The molecule has 5 heteroatoms. The van der Waals surface area contributed by atoms with Gasteiger partial charge in [0.05, 0.1) is 24.8 Å². The molecule has 2 aliphatic rings. The van der Waals surface area contributed by atoms with Crippen LogP contribution in [0.2, 0.25) is 0 Å². The summed E-state index contributed by atoms with van der Waals surface area (Å²) in [6.07, 6.45) is 6.23. The quantitative estimate of drug-likeness (QED) is 0.779. The van der Waals surface area contributed by atoms with Gasteiger partial charge in [0.25, 0.3) is 5.91 Å². The van der Waals surface area contributed by atoms with Gasteiger partial charge in [-0.1, -0.05) is 19.3 Å². The Bertz CT molecular complexity index is 593. The summed E-state index contributed by atoms with van der Waals surface area (Å²) in [4.78, 5) is 28.7. The molecule has 0 aromatic heterocycles. The van der Waals surface area contributed by atoms with E-state index in [2.05, 4.69) is 4.90 Å². The van der Waals surface area contributed by atoms with Gasteiger partial charge in [0, 0.05) is 6.04 Å². The molecule has 130 valence electrons. The number of carbonyl (C=O) groups is 2. The van der Waals surface area contributed by atoms with E-state index in [9.17, 15) is 9.59 Å². The van der Waals surface area contributed by atoms with Crippen molar-refractivity contribution < 1.29 is 14.3 Å². The summed E-state index contributed by atoms with van der Waals surface area (Å²) >= 11 is 0. The van der Waals surface area contributed by atoms with Crippen LogP contribution in [0.3, 0.4) is 0 Å². The van der Waals surface area contributed by atoms with Gasteiger partial charge in [-0.3, -0.25) is 14.5 Å². The van der Waals surface area contributed by atoms with Crippen molar-refractivity contribution in [2.75, 3.05) is 18.6 Å². The van der Waals surface area contributed by atoms with Gasteiger partial charge in [-0.2, -0.15) is 0 Å². The Kier molecular flexibility index (Phi) is 5.19. The molecule has 0 radical (unpaired) electrons. The number of anilines is 1. The highest BCUT2D eigenvalue weighted by atomic mass is 16.5. The maximum absolute atomic E-state index is 12.8. The highest BCUT2D eigenvalue weighted by molar-refractivity contribution is 6.22. The molecular weight excluding hydrogens is 304 g/mol. The Morgan fingerprint density at radius 3 is 2.42 bits per heavy atom. The zero-order valence-electron chi connectivity index (χ0n) is 14.5. The van der Waals surface area contributed by atoms with Gasteiger partial charge in [0.2, 0.25) is 5.91 Å². The Morgan fingerprint density at radius 1 is 1.12 bits per heavy atom. The van der Waals surface area contributed by atoms with E-state index in [-0.39, 0.29) is 24.3 Å². The van der Waals surface area contributed by atoms with E-state index in [0.717, 1.165) is 18.6 Å². The lowest BCUT2D eigenvalue weighted by Crippen LogP contribution is -2.45. The molecule has 1 saturated heterocycles. The third kappa shape index (κ3) is 3.31. The molecule has 0 bridgehead atoms. The predicted molar refractivity (Wildman–Crippen MR) is 93.1 cm³/mol. The molecule has 1 heterocycles. The molecule has 0 N–H and O–H groups in total. The fourth-order valence-corrected chi connectivity index (χ4v) is 3.81. The van der Waals surface area contributed by atoms with Crippen LogP contribution in [0.4, 0.5) is 5.69 Å². The number of carbonyl (C=O) groups excluding carboxylic acids is 2. The zero-order chi connectivity index (χ0) is 17.1. The molecule has 3 rings (SSSR count). The molecule has 2 fully saturated rings. The second kappa shape index (κ2) is 7.34. The van der Waals surface area contributed by atoms with E-state index < -0.39 is 0 Å². The Balaban J connectivity index is 1.73. The summed E-state index contributed by atoms with van der Waals surface area (Å²) in [6.45, 7) is 2.52. The monoisotopic (exact) mass is 330 g/mol. The first kappa shape index (κ1) is 17.0. The summed E-state index contributed by atoms with van der Waals surface area (Å²) in [5, 5.41) is 0. The van der Waals surface area contributed by atoms with Crippen molar-refractivity contribution in [1.82, 2.24) is 4.90 Å². The molecule has 0 unspecified atom stereocenters. The van der Waals surface area contributed by atoms with Gasteiger partial charge in [0.15, 0.2) is 0 Å². The van der Waals surface area contributed by atoms with E-state index in [1.54, 1.807) is 24.3 Å². The van der Waals surface area contributed by atoms with E-state index in [4.69, 9.17) is 4.74 Å². The molecule has 1 atom stereocenters. The number of likely N-dealkylation sites (N-methyl/N-ethyl adjacent to an activating group) is 1. The smallest absolute Gasteiger partial charge is 0.251 e. The van der Waals surface area contributed by atoms with Crippen molar-refractivity contribution >= 4 is 17.5 Å². The molecule has 1 aromatic rings. The van der Waals surface area contributed by atoms with Crippen molar-refractivity contribution in [3.05, 3.63) is 24.3 Å². The van der Waals surface area contributed by atoms with Gasteiger partial charge in [0.1, 0.15) is 5.75 Å². The van der Waals surface area contributed by atoms with Crippen molar-refractivity contribution in [1.29, 1.82) is 0 Å². The molecule has 1 aliphatic heterocycles. The lowest BCUT2D eigenvalue weighted by molar-refractivity contribution is -0.123. The van der Waals surface area contributed by atoms with Crippen LogP contribution in [0.25, 0.3) is 0 Å². The minimum atomic E-state index is -0.327. The van der Waals surface area contributed by atoms with Gasteiger partial charge in [-0.15, -0.1) is 0 Å². The number of rotatable bonds is 5. The van der Waals surface area contributed by atoms with Gasteiger partial charge in [-0.05, 0) is 51.1 Å². The van der Waals surface area contributed by atoms with Crippen LogP contribution in [-0.2, 0) is 9.59 Å². The molecular formula is C19H26N2O3. The normalized spacial score (nSPS) is 22.5. The number of hydrogen-bond donors (Lipinski definition) is 0. The number of imide groups is 1. The zero-order valence-corrected chi connectivity index (χ0v) is 14.5. The number of ether oxygens (including phenoxy) is 1. The molecule has 1 aromatic carbocycles. The van der Waals surface area contributed by atoms with Crippen LogP contribution in [0.1, 0.15) is 45.4 Å². The maximum Gasteiger partial charge on any atom is 0.251 e. The lowest BCUT2D eigenvalue weighted by Gasteiger charge is -2.34. The summed E-state index contributed by atoms with van der Waals surface area (Å²) in [7, 11) is 1.99. The molecule has 1 aliphatic carbocycles. The van der Waals surface area contributed by atoms with Crippen molar-refractivity contribution in [2.45, 2.75) is 57.5 Å². The Labute approximate surface area is 143 Å². The predicted octanol–water partition coefficient (Wildman–Crippen LogP) is 2.98. The van der Waals surface area contributed by atoms with Crippen LogP contribution in [0, 0.1) is 0 Å². The van der Waals surface area contributed by atoms with Crippen LogP contribution in [0.15, 0.2) is 24.3 Å². The minimum Gasteiger partial charge on any atom is -0.494 e. The third-order valence-electron chi connectivity index (χ3n) is 5.17. The average molecular weight is 330 g/mol. The van der Waals surface area contributed by atoms with Crippen LogP contribution < -0.4 is 9.64 Å². The fraction of sp³-hybridized carbons (Fsp3) is 0.579. The van der Waals surface area contributed by atoms with Gasteiger partial charge in [-0.25, -0.2) is 4.90 Å². The van der Waals surface area contributed by atoms with E-state index in [0.29, 0.717) is 18.3 Å². The maximum atomic E-state index is 12.8. The van der Waals surface area contributed by atoms with E-state index >= 15 is 0 Å². The molecule has 5 nitrogen and oxygen atoms in total. The molecule has 0 spiro atoms. The number of hydrogen-bond acceptors (Lipinski definition) is 4. The summed E-state index contributed by atoms with van der Waals surface area (Å²) in [5.74, 6) is 0.533. The van der Waals surface area contributed by atoms with Crippen LogP contribution in [0.5, 0.6) is 5.75 Å². The summed E-state index contributed by atoms with van der Waals surface area (Å²) < 4.78 is 5.42. The fourth-order valence-electron chi connectivity index (χ4n) is 3.81. The first-order chi connectivity index (χ1) is 11.6. The topological polar surface area (TPSA) is 49.9 Å². The van der Waals surface area contributed by atoms with E-state index in [1.807, 2.05) is 14.0 Å². The van der Waals surface area contributed by atoms with Gasteiger partial charge < -0.3 is 4.74 Å². The largest absolute Gasteiger partial charge is 0.494 e. The minimum absolute atomic E-state index is 0.0998. The second-order valence-corrected chi connectivity index (χ2v) is 6.67. The Hall–Kier alpha value is -1.88. The first-order valence-corrected chi connectivity index (χ1v) is 8.93. The summed E-state index contributed by atoms with van der Waals surface area (Å²) in [5.41, 5.74) is 0.632. The van der Waals surface area contributed by atoms with Crippen molar-refractivity contribution in [3.8, 4) is 5.75 Å².